The van der Waals surface area contributed by atoms with Gasteiger partial charge in [-0.2, -0.15) is 0 Å². The van der Waals surface area contributed by atoms with Gasteiger partial charge in [-0.1, -0.05) is 30.2 Å². The lowest BCUT2D eigenvalue weighted by Crippen LogP contribution is -2.33. The number of carbonyl (C=O) groups is 2. The Labute approximate surface area is 167 Å². The van der Waals surface area contributed by atoms with E-state index in [-0.39, 0.29) is 12.3 Å². The van der Waals surface area contributed by atoms with Crippen molar-refractivity contribution < 1.29 is 14.0 Å². The van der Waals surface area contributed by atoms with Crippen LogP contribution in [0.15, 0.2) is 36.4 Å². The minimum Gasteiger partial charge on any atom is -0.369 e. The molecule has 146 valence electrons. The summed E-state index contributed by atoms with van der Waals surface area (Å²) in [6.45, 7) is 2.49. The zero-order valence-corrected chi connectivity index (χ0v) is 16.0. The van der Waals surface area contributed by atoms with Gasteiger partial charge in [0.05, 0.1) is 11.9 Å². The van der Waals surface area contributed by atoms with Gasteiger partial charge in [0, 0.05) is 34.9 Å². The van der Waals surface area contributed by atoms with Gasteiger partial charge in [-0.05, 0) is 42.5 Å². The Balaban J connectivity index is 1.89. The van der Waals surface area contributed by atoms with E-state index < -0.39 is 11.7 Å². The van der Waals surface area contributed by atoms with Crippen LogP contribution >= 0.6 is 0 Å². The predicted octanol–water partition coefficient (Wildman–Crippen LogP) is 3.13. The van der Waals surface area contributed by atoms with Crippen LogP contribution in [0.25, 0.3) is 27.4 Å². The number of hydrogen-bond donors (Lipinski definition) is 2. The number of halogens is 1. The van der Waals surface area contributed by atoms with Crippen LogP contribution in [0, 0.1) is 17.7 Å². The average molecular weight is 389 g/mol. The van der Waals surface area contributed by atoms with Gasteiger partial charge in [0.25, 0.3) is 5.91 Å². The maximum absolute atomic E-state index is 15.3. The molecular formula is C23H20FN3O2. The summed E-state index contributed by atoms with van der Waals surface area (Å²) in [5.74, 6) is 4.03. The van der Waals surface area contributed by atoms with E-state index >= 15 is 4.39 Å². The Bertz CT molecular complexity index is 1240. The molecule has 0 unspecified atom stereocenters. The number of primary amides is 1. The van der Waals surface area contributed by atoms with E-state index in [1.54, 1.807) is 11.8 Å². The summed E-state index contributed by atoms with van der Waals surface area (Å²) in [6.07, 6.45) is 2.36. The van der Waals surface area contributed by atoms with Gasteiger partial charge in [-0.15, -0.1) is 0 Å². The number of fused-ring (bicyclic) bond motifs is 3. The number of amides is 2. The van der Waals surface area contributed by atoms with E-state index in [2.05, 4.69) is 16.8 Å². The third-order valence-electron chi connectivity index (χ3n) is 5.23. The quantitative estimate of drug-likeness (QED) is 0.675. The van der Waals surface area contributed by atoms with Crippen molar-refractivity contribution in [2.45, 2.75) is 19.8 Å². The highest BCUT2D eigenvalue weighted by atomic mass is 19.1. The molecule has 0 bridgehead atoms. The minimum absolute atomic E-state index is 0.0441. The van der Waals surface area contributed by atoms with E-state index in [0.29, 0.717) is 30.6 Å². The van der Waals surface area contributed by atoms with E-state index in [4.69, 9.17) is 5.73 Å². The number of benzene rings is 2. The highest BCUT2D eigenvalue weighted by Crippen LogP contribution is 2.38. The number of H-pyrrole nitrogens is 1. The molecule has 2 aromatic carbocycles. The van der Waals surface area contributed by atoms with Crippen LogP contribution in [-0.4, -0.2) is 34.8 Å². The number of carbonyl (C=O) groups excluding carboxylic acids is 2. The Morgan fingerprint density at radius 1 is 1.31 bits per heavy atom. The lowest BCUT2D eigenvalue weighted by molar-refractivity contribution is -0.124. The Morgan fingerprint density at radius 2 is 2.10 bits per heavy atom. The molecule has 2 amide bonds. The number of aromatic nitrogens is 1. The number of aromatic amines is 1. The van der Waals surface area contributed by atoms with Crippen molar-refractivity contribution in [3.8, 4) is 11.8 Å². The van der Waals surface area contributed by atoms with E-state index in [0.717, 1.165) is 27.4 Å². The van der Waals surface area contributed by atoms with Crippen LogP contribution in [0.5, 0.6) is 0 Å². The van der Waals surface area contributed by atoms with E-state index in [9.17, 15) is 9.59 Å². The summed E-state index contributed by atoms with van der Waals surface area (Å²) < 4.78 is 15.3. The van der Waals surface area contributed by atoms with Crippen LogP contribution in [-0.2, 0) is 16.0 Å². The second kappa shape index (κ2) is 7.44. The Kier molecular flexibility index (Phi) is 4.81. The van der Waals surface area contributed by atoms with E-state index in [1.165, 1.54) is 6.07 Å². The van der Waals surface area contributed by atoms with Gasteiger partial charge in [0.1, 0.15) is 5.82 Å². The van der Waals surface area contributed by atoms with Crippen molar-refractivity contribution in [1.29, 1.82) is 0 Å². The highest BCUT2D eigenvalue weighted by Gasteiger charge is 2.23. The molecule has 0 spiro atoms. The molecule has 29 heavy (non-hydrogen) atoms. The molecule has 0 atom stereocenters. The van der Waals surface area contributed by atoms with Gasteiger partial charge < -0.3 is 15.6 Å². The largest absolute Gasteiger partial charge is 0.369 e. The molecule has 3 N–H and O–H groups in total. The maximum Gasteiger partial charge on any atom is 0.298 e. The molecular weight excluding hydrogens is 369 g/mol. The van der Waals surface area contributed by atoms with Crippen molar-refractivity contribution in [3.05, 3.63) is 53.4 Å². The fraction of sp³-hybridized carbons (Fsp3) is 0.217. The summed E-state index contributed by atoms with van der Waals surface area (Å²) in [7, 11) is 0. The normalized spacial score (nSPS) is 13.9. The first-order valence-electron chi connectivity index (χ1n) is 9.40. The number of nitrogens with two attached hydrogens (primary N) is 1. The SMILES string of the molecule is CC#CC(=O)N1CC=C(c2c(F)cc(CC(N)=O)c3[nH]c4ccccc4c23)CC1. The van der Waals surface area contributed by atoms with Gasteiger partial charge in [-0.3, -0.25) is 9.59 Å². The summed E-state index contributed by atoms with van der Waals surface area (Å²) in [4.78, 5) is 28.5. The number of nitrogens with zero attached hydrogens (tertiary/aromatic N) is 1. The molecule has 3 aromatic rings. The summed E-state index contributed by atoms with van der Waals surface area (Å²) in [5.41, 5.74) is 8.86. The van der Waals surface area contributed by atoms with Crippen LogP contribution < -0.4 is 5.73 Å². The monoisotopic (exact) mass is 389 g/mol. The van der Waals surface area contributed by atoms with Crippen molar-refractivity contribution in [1.82, 2.24) is 9.88 Å². The standard InChI is InChI=1S/C23H20FN3O2/c1-2-5-20(29)27-10-8-14(9-11-27)21-17(24)12-15(13-19(25)28)23-22(21)16-6-3-4-7-18(16)26-23/h3-4,6-8,12,26H,9-11,13H2,1H3,(H2,25,28). The third kappa shape index (κ3) is 3.36. The zero-order valence-electron chi connectivity index (χ0n) is 16.0. The molecule has 1 aromatic heterocycles. The van der Waals surface area contributed by atoms with Gasteiger partial charge in [0.2, 0.25) is 5.91 Å². The second-order valence-corrected chi connectivity index (χ2v) is 7.06. The fourth-order valence-electron chi connectivity index (χ4n) is 3.97. The first-order valence-corrected chi connectivity index (χ1v) is 9.40. The van der Waals surface area contributed by atoms with Gasteiger partial charge in [-0.25, -0.2) is 4.39 Å². The summed E-state index contributed by atoms with van der Waals surface area (Å²) in [5, 5.41) is 1.63. The summed E-state index contributed by atoms with van der Waals surface area (Å²) in [6, 6.07) is 9.04. The number of para-hydroxylation sites is 1. The molecule has 0 aliphatic carbocycles. The van der Waals surface area contributed by atoms with Crippen molar-refractivity contribution >= 4 is 39.2 Å². The first kappa shape index (κ1) is 18.8. The molecule has 0 radical (unpaired) electrons. The molecule has 0 fully saturated rings. The van der Waals surface area contributed by atoms with Crippen LogP contribution in [0.3, 0.4) is 0 Å². The number of rotatable bonds is 3. The lowest BCUT2D eigenvalue weighted by atomic mass is 9.92. The maximum atomic E-state index is 15.3. The predicted molar refractivity (Wildman–Crippen MR) is 111 cm³/mol. The molecule has 6 heteroatoms. The van der Waals surface area contributed by atoms with Crippen molar-refractivity contribution in [3.63, 3.8) is 0 Å². The Morgan fingerprint density at radius 3 is 2.79 bits per heavy atom. The van der Waals surface area contributed by atoms with Crippen LogP contribution in [0.1, 0.15) is 24.5 Å². The molecule has 0 saturated heterocycles. The third-order valence-corrected chi connectivity index (χ3v) is 5.23. The Hall–Kier alpha value is -3.59. The van der Waals surface area contributed by atoms with Crippen LogP contribution in [0.4, 0.5) is 4.39 Å². The molecule has 5 nitrogen and oxygen atoms in total. The molecule has 0 saturated carbocycles. The number of nitrogens with one attached hydrogen (secondary N) is 1. The second-order valence-electron chi connectivity index (χ2n) is 7.06. The smallest absolute Gasteiger partial charge is 0.298 e. The zero-order chi connectivity index (χ0) is 20.5. The highest BCUT2D eigenvalue weighted by molar-refractivity contribution is 6.13. The number of hydrogen-bond acceptors (Lipinski definition) is 2. The molecule has 1 aliphatic heterocycles. The van der Waals surface area contributed by atoms with Crippen molar-refractivity contribution in [2.24, 2.45) is 5.73 Å². The molecule has 2 heterocycles. The van der Waals surface area contributed by atoms with Crippen molar-refractivity contribution in [2.75, 3.05) is 13.1 Å². The minimum atomic E-state index is -0.514. The van der Waals surface area contributed by atoms with Gasteiger partial charge >= 0.3 is 0 Å². The average Bonchev–Trinajstić information content (AvgIpc) is 3.08. The summed E-state index contributed by atoms with van der Waals surface area (Å²) >= 11 is 0. The molecule has 1 aliphatic rings. The van der Waals surface area contributed by atoms with Gasteiger partial charge in [0.15, 0.2) is 0 Å². The lowest BCUT2D eigenvalue weighted by Gasteiger charge is -2.25. The topological polar surface area (TPSA) is 79.2 Å². The fourth-order valence-corrected chi connectivity index (χ4v) is 3.97. The van der Waals surface area contributed by atoms with Crippen LogP contribution in [0.2, 0.25) is 0 Å². The van der Waals surface area contributed by atoms with E-state index in [1.807, 2.05) is 30.3 Å². The molecule has 4 rings (SSSR count). The first-order chi connectivity index (χ1) is 14.0.